The van der Waals surface area contributed by atoms with E-state index in [1.54, 1.807) is 11.8 Å². The largest absolute Gasteiger partial charge is 0.369 e. The van der Waals surface area contributed by atoms with Crippen LogP contribution in [0.1, 0.15) is 48.0 Å². The number of hydrogen-bond acceptors (Lipinski definition) is 8. The fourth-order valence-corrected chi connectivity index (χ4v) is 6.61. The summed E-state index contributed by atoms with van der Waals surface area (Å²) in [4.78, 5) is 1.33. The van der Waals surface area contributed by atoms with Gasteiger partial charge in [-0.3, -0.25) is 10.3 Å². The van der Waals surface area contributed by atoms with Crippen LogP contribution in [0, 0.1) is 0 Å². The van der Waals surface area contributed by atoms with Crippen molar-refractivity contribution in [3.63, 3.8) is 0 Å². The average molecular weight is 441 g/mol. The van der Waals surface area contributed by atoms with Gasteiger partial charge in [0.25, 0.3) is 0 Å². The van der Waals surface area contributed by atoms with Crippen LogP contribution in [0.5, 0.6) is 0 Å². The van der Waals surface area contributed by atoms with E-state index in [4.69, 9.17) is 4.74 Å². The zero-order valence-electron chi connectivity index (χ0n) is 17.0. The van der Waals surface area contributed by atoms with Crippen LogP contribution in [0.2, 0.25) is 0 Å². The number of benzene rings is 1. The lowest BCUT2D eigenvalue weighted by Gasteiger charge is -2.35. The number of aromatic nitrogens is 3. The van der Waals surface area contributed by atoms with Gasteiger partial charge in [0, 0.05) is 22.6 Å². The van der Waals surface area contributed by atoms with Gasteiger partial charge in [0.1, 0.15) is 11.2 Å². The van der Waals surface area contributed by atoms with Crippen LogP contribution >= 0.6 is 23.1 Å². The first-order valence-electron chi connectivity index (χ1n) is 10.3. The molecule has 2 aromatic heterocycles. The van der Waals surface area contributed by atoms with Crippen molar-refractivity contribution in [2.45, 2.75) is 56.0 Å². The third-order valence-electron chi connectivity index (χ3n) is 6.28. The summed E-state index contributed by atoms with van der Waals surface area (Å²) in [6, 6.07) is 10.5. The predicted molar refractivity (Wildman–Crippen MR) is 119 cm³/mol. The number of anilines is 1. The fraction of sp³-hybridized carbons (Fsp3) is 0.429. The first-order valence-corrected chi connectivity index (χ1v) is 12.1. The van der Waals surface area contributed by atoms with Crippen LogP contribution in [0.15, 0.2) is 35.5 Å². The maximum Gasteiger partial charge on any atom is 0.249 e. The quantitative estimate of drug-likeness (QED) is 0.599. The summed E-state index contributed by atoms with van der Waals surface area (Å²) in [5, 5.41) is 17.0. The average Bonchev–Trinajstić information content (AvgIpc) is 3.48. The van der Waals surface area contributed by atoms with E-state index in [-0.39, 0.29) is 11.8 Å². The Hall–Kier alpha value is -1.91. The van der Waals surface area contributed by atoms with Crippen molar-refractivity contribution in [2.75, 3.05) is 11.7 Å². The molecular formula is C21H24N6OS2. The van der Waals surface area contributed by atoms with Crippen LogP contribution in [-0.2, 0) is 23.5 Å². The molecule has 156 valence electrons. The molecule has 1 fully saturated rings. The lowest BCUT2D eigenvalue weighted by molar-refractivity contribution is -0.0549. The molecule has 1 unspecified atom stereocenters. The molecule has 3 aromatic rings. The molecule has 1 aromatic carbocycles. The van der Waals surface area contributed by atoms with Crippen molar-refractivity contribution < 1.29 is 4.74 Å². The Morgan fingerprint density at radius 2 is 2.17 bits per heavy atom. The SMILES string of the molecule is CC[C@@]1(C)Cc2c(sc3c2C2NCNN2c2nnc(SCc4ccccc4)n2-3)CO1. The molecule has 0 radical (unpaired) electrons. The Bertz CT molecular complexity index is 1100. The summed E-state index contributed by atoms with van der Waals surface area (Å²) >= 11 is 3.56. The fourth-order valence-electron chi connectivity index (χ4n) is 4.40. The zero-order chi connectivity index (χ0) is 20.3. The molecule has 3 aliphatic rings. The molecule has 1 saturated heterocycles. The van der Waals surface area contributed by atoms with E-state index in [0.717, 1.165) is 36.4 Å². The van der Waals surface area contributed by atoms with Crippen LogP contribution < -0.4 is 15.8 Å². The van der Waals surface area contributed by atoms with E-state index < -0.39 is 0 Å². The first-order chi connectivity index (χ1) is 14.7. The third-order valence-corrected chi connectivity index (χ3v) is 8.49. The maximum atomic E-state index is 6.25. The summed E-state index contributed by atoms with van der Waals surface area (Å²) in [7, 11) is 0. The highest BCUT2D eigenvalue weighted by Crippen LogP contribution is 2.49. The van der Waals surface area contributed by atoms with Crippen molar-refractivity contribution in [1.82, 2.24) is 25.5 Å². The normalized spacial score (nSPS) is 24.3. The van der Waals surface area contributed by atoms with E-state index in [2.05, 4.69) is 68.6 Å². The van der Waals surface area contributed by atoms with Gasteiger partial charge in [0.05, 0.1) is 18.9 Å². The van der Waals surface area contributed by atoms with Gasteiger partial charge < -0.3 is 4.74 Å². The maximum absolute atomic E-state index is 6.25. The predicted octanol–water partition coefficient (Wildman–Crippen LogP) is 3.75. The highest BCUT2D eigenvalue weighted by molar-refractivity contribution is 7.98. The Labute approximate surface area is 183 Å². The number of fused-ring (bicyclic) bond motifs is 8. The molecule has 2 atom stereocenters. The molecule has 0 spiro atoms. The molecule has 6 rings (SSSR count). The second kappa shape index (κ2) is 7.06. The number of hydrazine groups is 1. The second-order valence-electron chi connectivity index (χ2n) is 8.20. The minimum atomic E-state index is -0.100. The molecule has 7 nitrogen and oxygen atoms in total. The van der Waals surface area contributed by atoms with Gasteiger partial charge in [-0.1, -0.05) is 49.0 Å². The van der Waals surface area contributed by atoms with Crippen molar-refractivity contribution in [2.24, 2.45) is 0 Å². The Balaban J connectivity index is 1.44. The number of nitrogens with zero attached hydrogens (tertiary/aromatic N) is 4. The van der Waals surface area contributed by atoms with Crippen LogP contribution in [0.25, 0.3) is 5.00 Å². The molecule has 2 N–H and O–H groups in total. The van der Waals surface area contributed by atoms with Gasteiger partial charge in [-0.25, -0.2) is 9.99 Å². The van der Waals surface area contributed by atoms with E-state index in [9.17, 15) is 0 Å². The lowest BCUT2D eigenvalue weighted by atomic mass is 9.88. The highest BCUT2D eigenvalue weighted by atomic mass is 32.2. The monoisotopic (exact) mass is 440 g/mol. The zero-order valence-corrected chi connectivity index (χ0v) is 18.6. The number of nitrogens with one attached hydrogen (secondary N) is 2. The number of rotatable bonds is 4. The highest BCUT2D eigenvalue weighted by Gasteiger charge is 2.44. The second-order valence-corrected chi connectivity index (χ2v) is 10.2. The van der Waals surface area contributed by atoms with Crippen LogP contribution in [-0.4, -0.2) is 27.0 Å². The van der Waals surface area contributed by atoms with Gasteiger partial charge in [-0.15, -0.1) is 21.5 Å². The molecule has 0 bridgehead atoms. The van der Waals surface area contributed by atoms with Crippen molar-refractivity contribution in [3.05, 3.63) is 51.9 Å². The molecule has 0 amide bonds. The van der Waals surface area contributed by atoms with E-state index in [1.165, 1.54) is 26.6 Å². The lowest BCUT2D eigenvalue weighted by Crippen LogP contribution is -2.40. The van der Waals surface area contributed by atoms with Crippen molar-refractivity contribution in [3.8, 4) is 5.00 Å². The molecule has 30 heavy (non-hydrogen) atoms. The third kappa shape index (κ3) is 2.84. The standard InChI is InChI=1S/C21H24N6OS2/c1-3-21(2)9-14-15(10-28-21)30-18-16(14)17-22-12-23-27(17)19-24-25-20(26(18)19)29-11-13-7-5-4-6-8-13/h4-8,17,22-23H,3,9-12H2,1-2H3/t17?,21-/m0/s1. The summed E-state index contributed by atoms with van der Waals surface area (Å²) in [6.45, 7) is 5.84. The van der Waals surface area contributed by atoms with E-state index in [1.807, 2.05) is 17.4 Å². The van der Waals surface area contributed by atoms with Crippen LogP contribution in [0.4, 0.5) is 5.95 Å². The Morgan fingerprint density at radius 3 is 3.00 bits per heavy atom. The Kier molecular flexibility index (Phi) is 4.43. The minimum absolute atomic E-state index is 0.0860. The van der Waals surface area contributed by atoms with Gasteiger partial charge in [0.2, 0.25) is 5.95 Å². The summed E-state index contributed by atoms with van der Waals surface area (Å²) in [5.74, 6) is 1.72. The molecule has 5 heterocycles. The summed E-state index contributed by atoms with van der Waals surface area (Å²) in [6.07, 6.45) is 2.04. The number of thioether (sulfide) groups is 1. The Morgan fingerprint density at radius 1 is 1.30 bits per heavy atom. The van der Waals surface area contributed by atoms with E-state index in [0.29, 0.717) is 6.61 Å². The van der Waals surface area contributed by atoms with Gasteiger partial charge in [0.15, 0.2) is 5.16 Å². The van der Waals surface area contributed by atoms with E-state index >= 15 is 0 Å². The van der Waals surface area contributed by atoms with Gasteiger partial charge >= 0.3 is 0 Å². The number of hydrogen-bond donors (Lipinski definition) is 2. The first kappa shape index (κ1) is 18.8. The summed E-state index contributed by atoms with van der Waals surface area (Å²) < 4.78 is 8.48. The molecule has 3 aliphatic heterocycles. The number of thiophene rings is 1. The number of ether oxygens (including phenoxy) is 1. The van der Waals surface area contributed by atoms with Gasteiger partial charge in [-0.2, -0.15) is 0 Å². The van der Waals surface area contributed by atoms with Gasteiger partial charge in [-0.05, 0) is 24.5 Å². The van der Waals surface area contributed by atoms with Crippen molar-refractivity contribution in [1.29, 1.82) is 0 Å². The van der Waals surface area contributed by atoms with Crippen LogP contribution in [0.3, 0.4) is 0 Å². The molecule has 0 saturated carbocycles. The summed E-state index contributed by atoms with van der Waals surface area (Å²) in [5.41, 5.74) is 7.42. The van der Waals surface area contributed by atoms with Crippen molar-refractivity contribution >= 4 is 29.0 Å². The smallest absolute Gasteiger partial charge is 0.249 e. The topological polar surface area (TPSA) is 67.2 Å². The molecule has 9 heteroatoms. The molecular weight excluding hydrogens is 416 g/mol. The molecule has 0 aliphatic carbocycles. The minimum Gasteiger partial charge on any atom is -0.369 e.